The lowest BCUT2D eigenvalue weighted by atomic mass is 10.1. The fraction of sp³-hybridized carbons (Fsp3) is 0.190. The number of imidazole rings is 1. The molecule has 4 aromatic rings. The Morgan fingerprint density at radius 1 is 1.18 bits per heavy atom. The second-order valence-corrected chi connectivity index (χ2v) is 6.64. The van der Waals surface area contributed by atoms with Crippen LogP contribution < -0.4 is 0 Å². The van der Waals surface area contributed by atoms with Crippen molar-refractivity contribution in [1.82, 2.24) is 24.2 Å². The Morgan fingerprint density at radius 2 is 2.00 bits per heavy atom. The zero-order chi connectivity index (χ0) is 19.5. The number of amides is 1. The molecule has 0 fully saturated rings. The third-order valence-electron chi connectivity index (χ3n) is 4.68. The van der Waals surface area contributed by atoms with Crippen LogP contribution in [0.5, 0.6) is 0 Å². The van der Waals surface area contributed by atoms with E-state index in [1.165, 1.54) is 0 Å². The molecular formula is C21H21N5O2. The van der Waals surface area contributed by atoms with Gasteiger partial charge in [-0.05, 0) is 42.0 Å². The predicted molar refractivity (Wildman–Crippen MR) is 106 cm³/mol. The Bertz CT molecular complexity index is 1080. The summed E-state index contributed by atoms with van der Waals surface area (Å²) in [5.41, 5.74) is 4.27. The van der Waals surface area contributed by atoms with Gasteiger partial charge < -0.3 is 14.6 Å². The van der Waals surface area contributed by atoms with Crippen LogP contribution in [-0.2, 0) is 13.1 Å². The highest BCUT2D eigenvalue weighted by Gasteiger charge is 2.14. The van der Waals surface area contributed by atoms with Crippen molar-refractivity contribution in [3.05, 3.63) is 78.4 Å². The number of hydrogen-bond acceptors (Lipinski definition) is 4. The summed E-state index contributed by atoms with van der Waals surface area (Å²) in [7, 11) is 1.79. The third kappa shape index (κ3) is 3.52. The van der Waals surface area contributed by atoms with Crippen LogP contribution in [-0.4, -0.2) is 48.9 Å². The number of fused-ring (bicyclic) bond motifs is 1. The monoisotopic (exact) mass is 375 g/mol. The Labute approximate surface area is 162 Å². The molecule has 0 saturated carbocycles. The average Bonchev–Trinajstić information content (AvgIpc) is 3.38. The topological polar surface area (TPSA) is 76.2 Å². The van der Waals surface area contributed by atoms with E-state index in [0.29, 0.717) is 18.7 Å². The Balaban J connectivity index is 1.48. The molecule has 28 heavy (non-hydrogen) atoms. The van der Waals surface area contributed by atoms with Crippen molar-refractivity contribution in [2.75, 3.05) is 13.7 Å². The van der Waals surface area contributed by atoms with Crippen LogP contribution in [0.15, 0.2) is 67.3 Å². The van der Waals surface area contributed by atoms with Gasteiger partial charge in [0.2, 0.25) is 0 Å². The summed E-state index contributed by atoms with van der Waals surface area (Å²) in [5.74, 6) is -0.0604. The van der Waals surface area contributed by atoms with Crippen LogP contribution in [0.2, 0.25) is 0 Å². The van der Waals surface area contributed by atoms with Gasteiger partial charge in [0.1, 0.15) is 0 Å². The highest BCUT2D eigenvalue weighted by atomic mass is 16.3. The molecule has 2 aromatic carbocycles. The van der Waals surface area contributed by atoms with Crippen LogP contribution in [0, 0.1) is 0 Å². The molecule has 0 saturated heterocycles. The van der Waals surface area contributed by atoms with Crippen molar-refractivity contribution in [1.29, 1.82) is 0 Å². The number of nitrogens with zero attached hydrogens (tertiary/aromatic N) is 5. The Kier molecular flexibility index (Phi) is 4.90. The molecule has 7 nitrogen and oxygen atoms in total. The molecule has 7 heteroatoms. The highest BCUT2D eigenvalue weighted by Crippen LogP contribution is 2.17. The van der Waals surface area contributed by atoms with Crippen LogP contribution >= 0.6 is 0 Å². The van der Waals surface area contributed by atoms with Crippen molar-refractivity contribution in [2.24, 2.45) is 0 Å². The van der Waals surface area contributed by atoms with Gasteiger partial charge in [0.15, 0.2) is 0 Å². The Hall–Kier alpha value is -3.45. The molecule has 0 aliphatic carbocycles. The molecule has 0 radical (unpaired) electrons. The smallest absolute Gasteiger partial charge is 0.253 e. The minimum Gasteiger partial charge on any atom is -0.395 e. The van der Waals surface area contributed by atoms with E-state index >= 15 is 0 Å². The van der Waals surface area contributed by atoms with Gasteiger partial charge >= 0.3 is 0 Å². The van der Waals surface area contributed by atoms with Crippen molar-refractivity contribution in [3.63, 3.8) is 0 Å². The van der Waals surface area contributed by atoms with Crippen molar-refractivity contribution >= 4 is 16.9 Å². The summed E-state index contributed by atoms with van der Waals surface area (Å²) in [6, 6.07) is 15.3. The first-order valence-corrected chi connectivity index (χ1v) is 9.06. The first-order chi connectivity index (χ1) is 13.7. The molecule has 0 unspecified atom stereocenters. The van der Waals surface area contributed by atoms with E-state index in [4.69, 9.17) is 5.11 Å². The van der Waals surface area contributed by atoms with E-state index < -0.39 is 0 Å². The maximum absolute atomic E-state index is 12.8. The molecular weight excluding hydrogens is 354 g/mol. The average molecular weight is 375 g/mol. The molecule has 1 N–H and O–H groups in total. The number of benzene rings is 2. The van der Waals surface area contributed by atoms with E-state index in [-0.39, 0.29) is 12.5 Å². The van der Waals surface area contributed by atoms with Gasteiger partial charge in [-0.15, -0.1) is 0 Å². The zero-order valence-corrected chi connectivity index (χ0v) is 15.6. The number of carbonyl (C=O) groups is 1. The van der Waals surface area contributed by atoms with E-state index in [1.54, 1.807) is 41.3 Å². The summed E-state index contributed by atoms with van der Waals surface area (Å²) in [4.78, 5) is 18.8. The number of aromatic nitrogens is 4. The van der Waals surface area contributed by atoms with E-state index in [1.807, 2.05) is 47.2 Å². The summed E-state index contributed by atoms with van der Waals surface area (Å²) in [6.45, 7) is 1.04. The van der Waals surface area contributed by atoms with Crippen molar-refractivity contribution in [3.8, 4) is 5.69 Å². The Morgan fingerprint density at radius 3 is 2.71 bits per heavy atom. The van der Waals surface area contributed by atoms with Gasteiger partial charge in [-0.25, -0.2) is 9.67 Å². The van der Waals surface area contributed by atoms with Gasteiger partial charge in [-0.3, -0.25) is 4.79 Å². The third-order valence-corrected chi connectivity index (χ3v) is 4.68. The highest BCUT2D eigenvalue weighted by molar-refractivity contribution is 5.97. The first-order valence-electron chi connectivity index (χ1n) is 9.06. The molecule has 1 amide bonds. The van der Waals surface area contributed by atoms with Gasteiger partial charge in [-0.2, -0.15) is 5.10 Å². The molecule has 2 heterocycles. The van der Waals surface area contributed by atoms with Gasteiger partial charge in [-0.1, -0.05) is 12.1 Å². The van der Waals surface area contributed by atoms with E-state index in [2.05, 4.69) is 10.1 Å². The molecule has 0 aliphatic heterocycles. The zero-order valence-electron chi connectivity index (χ0n) is 15.6. The van der Waals surface area contributed by atoms with Gasteiger partial charge in [0, 0.05) is 38.1 Å². The fourth-order valence-electron chi connectivity index (χ4n) is 3.22. The molecule has 0 bridgehead atoms. The van der Waals surface area contributed by atoms with Crippen LogP contribution in [0.4, 0.5) is 0 Å². The molecule has 142 valence electrons. The van der Waals surface area contributed by atoms with Crippen LogP contribution in [0.1, 0.15) is 15.9 Å². The molecule has 0 atom stereocenters. The van der Waals surface area contributed by atoms with Gasteiger partial charge in [0.05, 0.1) is 29.7 Å². The van der Waals surface area contributed by atoms with Crippen LogP contribution in [0.3, 0.4) is 0 Å². The number of rotatable bonds is 6. The van der Waals surface area contributed by atoms with Crippen molar-refractivity contribution in [2.45, 2.75) is 13.1 Å². The molecule has 2 aromatic heterocycles. The lowest BCUT2D eigenvalue weighted by Gasteiger charge is -2.17. The second kappa shape index (κ2) is 7.66. The summed E-state index contributed by atoms with van der Waals surface area (Å²) >= 11 is 0. The molecule has 4 rings (SSSR count). The minimum atomic E-state index is -0.0604. The lowest BCUT2D eigenvalue weighted by Crippen LogP contribution is -2.26. The fourth-order valence-corrected chi connectivity index (χ4v) is 3.22. The summed E-state index contributed by atoms with van der Waals surface area (Å²) in [5, 5.41) is 13.3. The minimum absolute atomic E-state index is 0.0497. The van der Waals surface area contributed by atoms with E-state index in [9.17, 15) is 4.79 Å². The maximum Gasteiger partial charge on any atom is 0.253 e. The molecule has 0 aliphatic rings. The predicted octanol–water partition coefficient (Wildman–Crippen LogP) is 2.49. The standard InChI is InChI=1S/C21H21N5O2/c1-24(14-16-3-6-18(7-4-16)26-10-2-9-23-26)21(28)17-5-8-20-19(13-17)22-15-25(20)11-12-27/h2-10,13,15,27H,11-12,14H2,1H3. The van der Waals surface area contributed by atoms with Gasteiger partial charge in [0.25, 0.3) is 5.91 Å². The maximum atomic E-state index is 12.8. The normalized spacial score (nSPS) is 11.1. The van der Waals surface area contributed by atoms with Crippen molar-refractivity contribution < 1.29 is 9.90 Å². The largest absolute Gasteiger partial charge is 0.395 e. The first kappa shape index (κ1) is 17.9. The number of carbonyl (C=O) groups excluding carboxylic acids is 1. The number of aliphatic hydroxyl groups is 1. The SMILES string of the molecule is CN(Cc1ccc(-n2cccn2)cc1)C(=O)c1ccc2c(c1)ncn2CCO. The molecule has 0 spiro atoms. The second-order valence-electron chi connectivity index (χ2n) is 6.64. The quantitative estimate of drug-likeness (QED) is 0.562. The number of aliphatic hydroxyl groups excluding tert-OH is 1. The van der Waals surface area contributed by atoms with E-state index in [0.717, 1.165) is 22.3 Å². The summed E-state index contributed by atoms with van der Waals surface area (Å²) < 4.78 is 3.66. The lowest BCUT2D eigenvalue weighted by molar-refractivity contribution is 0.0785. The number of hydrogen-bond donors (Lipinski definition) is 1. The van der Waals surface area contributed by atoms with Crippen LogP contribution in [0.25, 0.3) is 16.7 Å². The summed E-state index contributed by atoms with van der Waals surface area (Å²) in [6.07, 6.45) is 5.31.